The minimum absolute atomic E-state index is 0.188. The van der Waals surface area contributed by atoms with Gasteiger partial charge in [0.25, 0.3) is 0 Å². The zero-order chi connectivity index (χ0) is 13.5. The van der Waals surface area contributed by atoms with Crippen molar-refractivity contribution in [3.63, 3.8) is 0 Å². The molecule has 0 saturated carbocycles. The summed E-state index contributed by atoms with van der Waals surface area (Å²) in [5, 5.41) is 2.59. The molecule has 1 aromatic rings. The van der Waals surface area contributed by atoms with Gasteiger partial charge in [0.05, 0.1) is 12.3 Å². The molecule has 0 radical (unpaired) electrons. The van der Waals surface area contributed by atoms with Crippen LogP contribution in [0.2, 0.25) is 0 Å². The number of nitrogens with one attached hydrogen (secondary N) is 1. The number of amides is 1. The molecule has 1 amide bonds. The van der Waals surface area contributed by atoms with Crippen molar-refractivity contribution in [3.8, 4) is 0 Å². The standard InChI is InChI=1S/C13H16N2O3/c1-4-18-13(17)8-9(2)11-6-5-7-12(15-11)14-10(3)16/h5-8H,4H2,1-3H3,(H,14,15,16). The summed E-state index contributed by atoms with van der Waals surface area (Å²) in [5.74, 6) is -0.134. The van der Waals surface area contributed by atoms with E-state index in [4.69, 9.17) is 4.74 Å². The Morgan fingerprint density at radius 2 is 2.11 bits per heavy atom. The molecular formula is C13H16N2O3. The van der Waals surface area contributed by atoms with E-state index in [9.17, 15) is 9.59 Å². The summed E-state index contributed by atoms with van der Waals surface area (Å²) in [6.07, 6.45) is 1.38. The zero-order valence-corrected chi connectivity index (χ0v) is 10.7. The molecule has 96 valence electrons. The van der Waals surface area contributed by atoms with E-state index in [2.05, 4.69) is 10.3 Å². The Balaban J connectivity index is 2.88. The first kappa shape index (κ1) is 13.9. The summed E-state index contributed by atoms with van der Waals surface area (Å²) in [6, 6.07) is 5.20. The number of carbonyl (C=O) groups is 2. The summed E-state index contributed by atoms with van der Waals surface area (Å²) in [6.45, 7) is 5.26. The van der Waals surface area contributed by atoms with Crippen molar-refractivity contribution in [2.45, 2.75) is 20.8 Å². The lowest BCUT2D eigenvalue weighted by molar-refractivity contribution is -0.137. The number of rotatable bonds is 4. The molecule has 0 aliphatic heterocycles. The molecule has 0 aliphatic rings. The van der Waals surface area contributed by atoms with Crippen LogP contribution in [-0.2, 0) is 14.3 Å². The van der Waals surface area contributed by atoms with E-state index in [0.29, 0.717) is 23.7 Å². The number of ether oxygens (including phenoxy) is 1. The summed E-state index contributed by atoms with van der Waals surface area (Å²) in [4.78, 5) is 26.4. The smallest absolute Gasteiger partial charge is 0.331 e. The van der Waals surface area contributed by atoms with Crippen LogP contribution in [-0.4, -0.2) is 23.5 Å². The Labute approximate surface area is 106 Å². The predicted molar refractivity (Wildman–Crippen MR) is 68.8 cm³/mol. The number of carbonyl (C=O) groups excluding carboxylic acids is 2. The van der Waals surface area contributed by atoms with Crippen molar-refractivity contribution in [2.24, 2.45) is 0 Å². The molecule has 0 unspecified atom stereocenters. The molecule has 0 aromatic carbocycles. The average Bonchev–Trinajstić information content (AvgIpc) is 2.28. The van der Waals surface area contributed by atoms with Crippen LogP contribution >= 0.6 is 0 Å². The Morgan fingerprint density at radius 1 is 1.39 bits per heavy atom. The zero-order valence-electron chi connectivity index (χ0n) is 10.7. The minimum Gasteiger partial charge on any atom is -0.463 e. The second kappa shape index (κ2) is 6.54. The van der Waals surface area contributed by atoms with Gasteiger partial charge in [0.1, 0.15) is 5.82 Å². The Morgan fingerprint density at radius 3 is 2.72 bits per heavy atom. The van der Waals surface area contributed by atoms with Gasteiger partial charge in [-0.2, -0.15) is 0 Å². The van der Waals surface area contributed by atoms with Crippen LogP contribution in [0.25, 0.3) is 5.57 Å². The SMILES string of the molecule is CCOC(=O)C=C(C)c1cccc(NC(C)=O)n1. The molecule has 0 aliphatic carbocycles. The highest BCUT2D eigenvalue weighted by atomic mass is 16.5. The molecule has 18 heavy (non-hydrogen) atoms. The first-order valence-corrected chi connectivity index (χ1v) is 5.63. The normalized spacial score (nSPS) is 10.9. The highest BCUT2D eigenvalue weighted by molar-refractivity contribution is 5.91. The number of pyridine rings is 1. The van der Waals surface area contributed by atoms with E-state index in [1.807, 2.05) is 0 Å². The minimum atomic E-state index is -0.401. The molecule has 0 fully saturated rings. The molecule has 1 heterocycles. The maximum Gasteiger partial charge on any atom is 0.331 e. The van der Waals surface area contributed by atoms with E-state index in [0.717, 1.165) is 0 Å². The predicted octanol–water partition coefficient (Wildman–Crippen LogP) is 2.01. The van der Waals surface area contributed by atoms with Crippen molar-refractivity contribution in [1.29, 1.82) is 0 Å². The number of anilines is 1. The van der Waals surface area contributed by atoms with Crippen LogP contribution in [0.3, 0.4) is 0 Å². The van der Waals surface area contributed by atoms with Gasteiger partial charge in [-0.3, -0.25) is 4.79 Å². The van der Waals surface area contributed by atoms with Gasteiger partial charge in [0, 0.05) is 13.0 Å². The van der Waals surface area contributed by atoms with E-state index in [1.54, 1.807) is 32.0 Å². The van der Waals surface area contributed by atoms with Gasteiger partial charge >= 0.3 is 5.97 Å². The maximum absolute atomic E-state index is 11.3. The van der Waals surface area contributed by atoms with Gasteiger partial charge in [-0.1, -0.05) is 6.07 Å². The molecule has 0 bridgehead atoms. The number of hydrogen-bond donors (Lipinski definition) is 1. The fourth-order valence-corrected chi connectivity index (χ4v) is 1.34. The molecule has 1 rings (SSSR count). The van der Waals surface area contributed by atoms with Crippen molar-refractivity contribution in [2.75, 3.05) is 11.9 Å². The lowest BCUT2D eigenvalue weighted by atomic mass is 10.2. The third-order valence-corrected chi connectivity index (χ3v) is 2.08. The van der Waals surface area contributed by atoms with Gasteiger partial charge in [-0.25, -0.2) is 9.78 Å². The van der Waals surface area contributed by atoms with E-state index < -0.39 is 5.97 Å². The second-order valence-electron chi connectivity index (χ2n) is 3.67. The van der Waals surface area contributed by atoms with Crippen LogP contribution < -0.4 is 5.32 Å². The lowest BCUT2D eigenvalue weighted by Crippen LogP contribution is -2.08. The maximum atomic E-state index is 11.3. The number of esters is 1. The van der Waals surface area contributed by atoms with Crippen LogP contribution in [0, 0.1) is 0 Å². The Bertz CT molecular complexity index is 481. The Hall–Kier alpha value is -2.17. The summed E-state index contributed by atoms with van der Waals surface area (Å²) in [7, 11) is 0. The van der Waals surface area contributed by atoms with Gasteiger partial charge < -0.3 is 10.1 Å². The monoisotopic (exact) mass is 248 g/mol. The van der Waals surface area contributed by atoms with Crippen LogP contribution in [0.4, 0.5) is 5.82 Å². The van der Waals surface area contributed by atoms with Crippen LogP contribution in [0.5, 0.6) is 0 Å². The molecule has 1 aromatic heterocycles. The van der Waals surface area contributed by atoms with Crippen molar-refractivity contribution >= 4 is 23.3 Å². The van der Waals surface area contributed by atoms with E-state index in [-0.39, 0.29) is 5.91 Å². The quantitative estimate of drug-likeness (QED) is 0.653. The molecular weight excluding hydrogens is 232 g/mol. The van der Waals surface area contributed by atoms with Gasteiger partial charge in [0.15, 0.2) is 0 Å². The van der Waals surface area contributed by atoms with E-state index >= 15 is 0 Å². The molecule has 5 nitrogen and oxygen atoms in total. The Kier molecular flexibility index (Phi) is 5.05. The topological polar surface area (TPSA) is 68.3 Å². The molecule has 0 saturated heterocycles. The number of hydrogen-bond acceptors (Lipinski definition) is 4. The summed E-state index contributed by atoms with van der Waals surface area (Å²) in [5.41, 5.74) is 1.30. The summed E-state index contributed by atoms with van der Waals surface area (Å²) >= 11 is 0. The highest BCUT2D eigenvalue weighted by Gasteiger charge is 2.04. The third-order valence-electron chi connectivity index (χ3n) is 2.08. The lowest BCUT2D eigenvalue weighted by Gasteiger charge is -2.05. The number of nitrogens with zero attached hydrogens (tertiary/aromatic N) is 1. The second-order valence-corrected chi connectivity index (χ2v) is 3.67. The summed E-state index contributed by atoms with van der Waals surface area (Å²) < 4.78 is 4.82. The first-order valence-electron chi connectivity index (χ1n) is 5.63. The van der Waals surface area contributed by atoms with Gasteiger partial charge in [-0.15, -0.1) is 0 Å². The van der Waals surface area contributed by atoms with Crippen molar-refractivity contribution in [1.82, 2.24) is 4.98 Å². The molecule has 0 atom stereocenters. The first-order chi connectivity index (χ1) is 8.52. The fraction of sp³-hybridized carbons (Fsp3) is 0.308. The van der Waals surface area contributed by atoms with Crippen molar-refractivity contribution < 1.29 is 14.3 Å². The number of aromatic nitrogens is 1. The van der Waals surface area contributed by atoms with Crippen LogP contribution in [0.15, 0.2) is 24.3 Å². The molecule has 0 spiro atoms. The average molecular weight is 248 g/mol. The van der Waals surface area contributed by atoms with Gasteiger partial charge in [-0.05, 0) is 31.6 Å². The largest absolute Gasteiger partial charge is 0.463 e. The van der Waals surface area contributed by atoms with Crippen molar-refractivity contribution in [3.05, 3.63) is 30.0 Å². The third kappa shape index (κ3) is 4.37. The highest BCUT2D eigenvalue weighted by Crippen LogP contribution is 2.14. The fourth-order valence-electron chi connectivity index (χ4n) is 1.34. The van der Waals surface area contributed by atoms with Crippen LogP contribution in [0.1, 0.15) is 26.5 Å². The van der Waals surface area contributed by atoms with E-state index in [1.165, 1.54) is 13.0 Å². The molecule has 1 N–H and O–H groups in total. The number of allylic oxidation sites excluding steroid dienone is 1. The van der Waals surface area contributed by atoms with Gasteiger partial charge in [0.2, 0.25) is 5.91 Å². The molecule has 5 heteroatoms.